The third-order valence-corrected chi connectivity index (χ3v) is 12.5. The molecule has 0 bridgehead atoms. The first-order valence-electron chi connectivity index (χ1n) is 18.9. The summed E-state index contributed by atoms with van der Waals surface area (Å²) in [5, 5.41) is 14.8. The van der Waals surface area contributed by atoms with Crippen molar-refractivity contribution in [1.82, 2.24) is 0 Å². The smallest absolute Gasteiger partial charge is 0.241 e. The molecule has 4 amide bonds. The van der Waals surface area contributed by atoms with Crippen LogP contribution in [-0.2, 0) is 25.8 Å². The lowest BCUT2D eigenvalue weighted by molar-refractivity contribution is -0.131. The average molecular weight is 782 g/mol. The summed E-state index contributed by atoms with van der Waals surface area (Å²) < 4.78 is 20.3. The third kappa shape index (κ3) is 5.98. The number of rotatable bonds is 8. The van der Waals surface area contributed by atoms with Crippen molar-refractivity contribution >= 4 is 58.0 Å². The zero-order valence-corrected chi connectivity index (χ0v) is 31.5. The highest BCUT2D eigenvalue weighted by molar-refractivity contribution is 6.32. The molecule has 1 saturated carbocycles. The second-order valence-corrected chi connectivity index (χ2v) is 15.7. The molecule has 286 valence electrons. The summed E-state index contributed by atoms with van der Waals surface area (Å²) in [7, 11) is 0. The molecule has 2 N–H and O–H groups in total. The van der Waals surface area contributed by atoms with Gasteiger partial charge in [0.15, 0.2) is 0 Å². The van der Waals surface area contributed by atoms with E-state index in [0.717, 1.165) is 27.9 Å². The lowest BCUT2D eigenvalue weighted by atomic mass is 9.51. The Morgan fingerprint density at radius 1 is 0.789 bits per heavy atom. The largest absolute Gasteiger partial charge is 0.508 e. The molecule has 9 rings (SSSR count). The maximum Gasteiger partial charge on any atom is 0.241 e. The first kappa shape index (κ1) is 36.4. The Bertz CT molecular complexity index is 2480. The van der Waals surface area contributed by atoms with Gasteiger partial charge in [-0.3, -0.25) is 24.1 Å². The Labute approximate surface area is 333 Å². The van der Waals surface area contributed by atoms with Crippen molar-refractivity contribution in [2.75, 3.05) is 15.1 Å². The number of hydrogen-bond acceptors (Lipinski definition) is 7. The molecular formula is C46H37ClFN3O6. The van der Waals surface area contributed by atoms with Gasteiger partial charge in [-0.05, 0) is 91.9 Å². The first-order chi connectivity index (χ1) is 27.5. The van der Waals surface area contributed by atoms with E-state index in [1.165, 1.54) is 23.1 Å². The van der Waals surface area contributed by atoms with Crippen molar-refractivity contribution in [3.8, 4) is 11.5 Å². The van der Waals surface area contributed by atoms with Crippen LogP contribution < -0.4 is 19.9 Å². The number of aromatic hydroxyl groups is 1. The van der Waals surface area contributed by atoms with E-state index in [-0.39, 0.29) is 47.7 Å². The van der Waals surface area contributed by atoms with E-state index < -0.39 is 52.6 Å². The lowest BCUT2D eigenvalue weighted by Gasteiger charge is -2.49. The maximum atomic E-state index is 14.8. The number of anilines is 4. The molecule has 2 heterocycles. The highest BCUT2D eigenvalue weighted by atomic mass is 35.5. The molecule has 5 aromatic rings. The fraction of sp³-hybridized carbons (Fsp3) is 0.217. The van der Waals surface area contributed by atoms with Gasteiger partial charge in [-0.15, -0.1) is 0 Å². The van der Waals surface area contributed by atoms with Crippen molar-refractivity contribution in [1.29, 1.82) is 0 Å². The molecule has 5 aromatic carbocycles. The minimum absolute atomic E-state index is 0.113. The Morgan fingerprint density at radius 2 is 1.47 bits per heavy atom. The number of benzene rings is 5. The van der Waals surface area contributed by atoms with Crippen molar-refractivity contribution in [3.05, 3.63) is 155 Å². The number of hydrogen-bond donors (Lipinski definition) is 2. The van der Waals surface area contributed by atoms with Crippen molar-refractivity contribution in [2.45, 2.75) is 32.3 Å². The fourth-order valence-electron chi connectivity index (χ4n) is 9.46. The summed E-state index contributed by atoms with van der Waals surface area (Å²) in [5.41, 5.74) is 2.85. The van der Waals surface area contributed by atoms with Crippen LogP contribution in [0.25, 0.3) is 0 Å². The Morgan fingerprint density at radius 3 is 2.18 bits per heavy atom. The molecule has 0 radical (unpaired) electrons. The van der Waals surface area contributed by atoms with Crippen LogP contribution in [0.4, 0.5) is 27.1 Å². The van der Waals surface area contributed by atoms with Gasteiger partial charge in [-0.2, -0.15) is 0 Å². The average Bonchev–Trinajstić information content (AvgIpc) is 3.59. The van der Waals surface area contributed by atoms with Gasteiger partial charge in [-0.1, -0.05) is 77.8 Å². The van der Waals surface area contributed by atoms with E-state index in [1.807, 2.05) is 78.9 Å². The summed E-state index contributed by atoms with van der Waals surface area (Å²) >= 11 is 6.14. The number of nitrogens with one attached hydrogen (secondary N) is 1. The van der Waals surface area contributed by atoms with Crippen LogP contribution in [0, 0.1) is 34.9 Å². The molecule has 9 nitrogen and oxygen atoms in total. The molecule has 0 aromatic heterocycles. The standard InChI is InChI=1S/C46H37ClFN3O6/c1-46-36(43(54)51(45(46)56)30-16-21-38(48)37(47)22-30)24-35-32(41(46)33-18-17-31(23-39(33)52)57-25-26-8-4-2-5-9-26)19-20-34-40(35)44(55)50(42(34)53)29-14-12-28(13-15-29)49-27-10-6-3-7-11-27/h2-19,21-23,34-36,40-41,49,52H,20,24-25H2,1H3/t34-,35+,36-,40-,41+,46+/m0/s1. The normalized spacial score (nSPS) is 25.2. The number of nitrogens with zero attached hydrogens (tertiary/aromatic N) is 2. The lowest BCUT2D eigenvalue weighted by Crippen LogP contribution is -2.48. The highest BCUT2D eigenvalue weighted by Crippen LogP contribution is 2.64. The Hall–Kier alpha value is -6.26. The van der Waals surface area contributed by atoms with Gasteiger partial charge in [0.25, 0.3) is 0 Å². The van der Waals surface area contributed by atoms with E-state index in [2.05, 4.69) is 5.32 Å². The van der Waals surface area contributed by atoms with Gasteiger partial charge in [0.05, 0.1) is 39.6 Å². The monoisotopic (exact) mass is 781 g/mol. The number of halogens is 2. The second-order valence-electron chi connectivity index (χ2n) is 15.3. The van der Waals surface area contributed by atoms with E-state index in [1.54, 1.807) is 31.2 Å². The van der Waals surface area contributed by atoms with E-state index in [4.69, 9.17) is 16.3 Å². The number of carbonyl (C=O) groups excluding carboxylic acids is 4. The second kappa shape index (κ2) is 14.0. The number of phenolic OH excluding ortho intramolecular Hbond substituents is 1. The van der Waals surface area contributed by atoms with Crippen molar-refractivity contribution in [3.63, 3.8) is 0 Å². The van der Waals surface area contributed by atoms with Gasteiger partial charge in [-0.25, -0.2) is 9.29 Å². The molecular weight excluding hydrogens is 745 g/mol. The van der Waals surface area contributed by atoms with Crippen LogP contribution in [0.3, 0.4) is 0 Å². The highest BCUT2D eigenvalue weighted by Gasteiger charge is 2.68. The van der Waals surface area contributed by atoms with E-state index in [0.29, 0.717) is 22.6 Å². The molecule has 11 heteroatoms. The molecule has 57 heavy (non-hydrogen) atoms. The Balaban J connectivity index is 1.08. The van der Waals surface area contributed by atoms with E-state index in [9.17, 15) is 28.7 Å². The SMILES string of the molecule is C[C@@]12C(=O)N(c3ccc(F)c(Cl)c3)C(=O)[C@@H]1C[C@@H]1C(=CC[C@@H]3C(=O)N(c4ccc(Nc5ccccc5)cc4)C(=O)[C@@H]31)[C@@H]2c1ccc(OCc2ccccc2)cc1O. The number of fused-ring (bicyclic) bond motifs is 4. The number of para-hydroxylation sites is 1. The fourth-order valence-corrected chi connectivity index (χ4v) is 9.64. The summed E-state index contributed by atoms with van der Waals surface area (Å²) in [6, 6.07) is 34.9. The number of carbonyl (C=O) groups is 4. The predicted molar refractivity (Wildman–Crippen MR) is 214 cm³/mol. The van der Waals surface area contributed by atoms with Gasteiger partial charge >= 0.3 is 0 Å². The van der Waals surface area contributed by atoms with Crippen LogP contribution in [0.2, 0.25) is 5.02 Å². The zero-order chi connectivity index (χ0) is 39.6. The summed E-state index contributed by atoms with van der Waals surface area (Å²) in [6.45, 7) is 1.98. The zero-order valence-electron chi connectivity index (χ0n) is 30.8. The number of allylic oxidation sites excluding steroid dienone is 2. The molecule has 4 aliphatic rings. The van der Waals surface area contributed by atoms with Crippen LogP contribution in [0.15, 0.2) is 133 Å². The predicted octanol–water partition coefficient (Wildman–Crippen LogP) is 8.94. The molecule has 2 aliphatic carbocycles. The third-order valence-electron chi connectivity index (χ3n) is 12.2. The van der Waals surface area contributed by atoms with Crippen molar-refractivity contribution in [2.24, 2.45) is 29.1 Å². The van der Waals surface area contributed by atoms with E-state index >= 15 is 0 Å². The van der Waals surface area contributed by atoms with Gasteiger partial charge in [0.1, 0.15) is 23.9 Å². The molecule has 6 atom stereocenters. The van der Waals surface area contributed by atoms with Crippen molar-refractivity contribution < 1.29 is 33.4 Å². The van der Waals surface area contributed by atoms with Crippen LogP contribution in [0.1, 0.15) is 36.8 Å². The molecule has 2 aliphatic heterocycles. The Kier molecular flexibility index (Phi) is 8.96. The van der Waals surface area contributed by atoms with Crippen LogP contribution in [-0.4, -0.2) is 28.7 Å². The number of phenols is 1. The number of amides is 4. The summed E-state index contributed by atoms with van der Waals surface area (Å²) in [4.78, 5) is 60.4. The molecule has 2 saturated heterocycles. The number of imide groups is 2. The van der Waals surface area contributed by atoms with Crippen LogP contribution in [0.5, 0.6) is 11.5 Å². The summed E-state index contributed by atoms with van der Waals surface area (Å²) in [6.07, 6.45) is 2.27. The van der Waals surface area contributed by atoms with Gasteiger partial charge < -0.3 is 15.2 Å². The minimum Gasteiger partial charge on any atom is -0.508 e. The van der Waals surface area contributed by atoms with Crippen LogP contribution >= 0.6 is 11.6 Å². The molecule has 3 fully saturated rings. The maximum absolute atomic E-state index is 14.8. The first-order valence-corrected chi connectivity index (χ1v) is 19.3. The van der Waals surface area contributed by atoms with Gasteiger partial charge in [0.2, 0.25) is 23.6 Å². The number of ether oxygens (including phenoxy) is 1. The summed E-state index contributed by atoms with van der Waals surface area (Å²) in [5.74, 6) is -6.08. The van der Waals surface area contributed by atoms with Gasteiger partial charge in [0, 0.05) is 28.9 Å². The molecule has 0 spiro atoms. The topological polar surface area (TPSA) is 116 Å². The quantitative estimate of drug-likeness (QED) is 0.119. The minimum atomic E-state index is -1.43. The molecule has 0 unspecified atom stereocenters.